The summed E-state index contributed by atoms with van der Waals surface area (Å²) < 4.78 is 0. The maximum atomic E-state index is 11.3. The first kappa shape index (κ1) is 13.2. The summed E-state index contributed by atoms with van der Waals surface area (Å²) in [5.74, 6) is -2.08. The van der Waals surface area contributed by atoms with E-state index in [1.54, 1.807) is 0 Å². The highest BCUT2D eigenvalue weighted by Crippen LogP contribution is 2.22. The van der Waals surface area contributed by atoms with Crippen LogP contribution in [0.25, 0.3) is 0 Å². The maximum Gasteiger partial charge on any atom is 0.326 e. The second-order valence-electron chi connectivity index (χ2n) is 2.89. The Kier molecular flexibility index (Phi) is 4.46. The van der Waals surface area contributed by atoms with Gasteiger partial charge in [-0.1, -0.05) is 23.2 Å². The van der Waals surface area contributed by atoms with Crippen molar-refractivity contribution in [2.45, 2.75) is 5.25 Å². The number of carboxylic acid groups (broad SMARTS) is 1. The van der Waals surface area contributed by atoms with Crippen LogP contribution in [0.5, 0.6) is 0 Å². The molecule has 86 valence electrons. The summed E-state index contributed by atoms with van der Waals surface area (Å²) >= 11 is 15.0. The van der Waals surface area contributed by atoms with E-state index in [0.717, 1.165) is 0 Å². The molecule has 1 unspecified atom stereocenters. The number of carbonyl (C=O) groups excluding carboxylic acids is 1. The fourth-order valence-corrected chi connectivity index (χ4v) is 1.54. The van der Waals surface area contributed by atoms with Gasteiger partial charge in [0.2, 0.25) is 5.91 Å². The van der Waals surface area contributed by atoms with Crippen LogP contribution in [0.15, 0.2) is 18.2 Å². The smallest absolute Gasteiger partial charge is 0.326 e. The topological polar surface area (TPSA) is 66.4 Å². The van der Waals surface area contributed by atoms with E-state index in [2.05, 4.69) is 17.9 Å². The number of carbonyl (C=O) groups is 2. The van der Waals surface area contributed by atoms with Gasteiger partial charge in [0.1, 0.15) is 0 Å². The van der Waals surface area contributed by atoms with E-state index in [-0.39, 0.29) is 0 Å². The van der Waals surface area contributed by atoms with Crippen molar-refractivity contribution < 1.29 is 14.7 Å². The molecule has 0 bridgehead atoms. The average Bonchev–Trinajstić information content (AvgIpc) is 2.14. The van der Waals surface area contributed by atoms with Crippen molar-refractivity contribution in [3.63, 3.8) is 0 Å². The Hall–Kier alpha value is -0.910. The van der Waals surface area contributed by atoms with Crippen molar-refractivity contribution in [1.82, 2.24) is 0 Å². The van der Waals surface area contributed by atoms with Crippen molar-refractivity contribution in [1.29, 1.82) is 0 Å². The Morgan fingerprint density at radius 1 is 1.25 bits per heavy atom. The molecule has 1 atom stereocenters. The number of hydrogen-bond donors (Lipinski definition) is 3. The summed E-state index contributed by atoms with van der Waals surface area (Å²) in [5, 5.41) is 10.1. The SMILES string of the molecule is O=C(O)C(S)C(=O)Nc1cc(Cl)cc(Cl)c1. The molecule has 0 aliphatic rings. The Bertz CT molecular complexity index is 419. The van der Waals surface area contributed by atoms with Crippen molar-refractivity contribution in [2.24, 2.45) is 0 Å². The lowest BCUT2D eigenvalue weighted by Crippen LogP contribution is -2.30. The Morgan fingerprint density at radius 3 is 2.19 bits per heavy atom. The third-order valence-electron chi connectivity index (χ3n) is 1.61. The lowest BCUT2D eigenvalue weighted by molar-refractivity contribution is -0.138. The zero-order chi connectivity index (χ0) is 12.3. The van der Waals surface area contributed by atoms with Crippen LogP contribution in [0.4, 0.5) is 5.69 Å². The summed E-state index contributed by atoms with van der Waals surface area (Å²) in [6.07, 6.45) is 0. The molecule has 16 heavy (non-hydrogen) atoms. The van der Waals surface area contributed by atoms with Crippen LogP contribution in [0.3, 0.4) is 0 Å². The van der Waals surface area contributed by atoms with Crippen molar-refractivity contribution in [3.8, 4) is 0 Å². The molecule has 0 fully saturated rings. The van der Waals surface area contributed by atoms with E-state index in [0.29, 0.717) is 15.7 Å². The number of anilines is 1. The Balaban J connectivity index is 2.81. The van der Waals surface area contributed by atoms with E-state index in [1.165, 1.54) is 18.2 Å². The lowest BCUT2D eigenvalue weighted by Gasteiger charge is -2.08. The molecule has 2 N–H and O–H groups in total. The molecule has 0 saturated heterocycles. The van der Waals surface area contributed by atoms with Crippen LogP contribution in [-0.4, -0.2) is 22.2 Å². The molecule has 0 saturated carbocycles. The largest absolute Gasteiger partial charge is 0.480 e. The van der Waals surface area contributed by atoms with Gasteiger partial charge in [0.05, 0.1) is 0 Å². The van der Waals surface area contributed by atoms with Gasteiger partial charge in [0.25, 0.3) is 0 Å². The molecule has 0 radical (unpaired) electrons. The Labute approximate surface area is 107 Å². The molecule has 4 nitrogen and oxygen atoms in total. The zero-order valence-corrected chi connectivity index (χ0v) is 10.2. The molecule has 1 aromatic carbocycles. The van der Waals surface area contributed by atoms with Gasteiger partial charge in [-0.15, -0.1) is 0 Å². The quantitative estimate of drug-likeness (QED) is 0.588. The molecule has 0 aliphatic heterocycles. The first-order valence-corrected chi connectivity index (χ1v) is 5.35. The van der Waals surface area contributed by atoms with Crippen LogP contribution < -0.4 is 5.32 Å². The second-order valence-corrected chi connectivity index (χ2v) is 4.28. The number of halogens is 2. The van der Waals surface area contributed by atoms with E-state index >= 15 is 0 Å². The predicted octanol–water partition coefficient (Wildman–Crippen LogP) is 2.31. The average molecular weight is 280 g/mol. The van der Waals surface area contributed by atoms with E-state index in [9.17, 15) is 9.59 Å². The van der Waals surface area contributed by atoms with Crippen LogP contribution in [0.1, 0.15) is 0 Å². The summed E-state index contributed by atoms with van der Waals surface area (Å²) in [4.78, 5) is 21.8. The normalized spacial score (nSPS) is 11.9. The van der Waals surface area contributed by atoms with Crippen molar-refractivity contribution in [3.05, 3.63) is 28.2 Å². The summed E-state index contributed by atoms with van der Waals surface area (Å²) in [6.45, 7) is 0. The number of carboxylic acids is 1. The second kappa shape index (κ2) is 5.43. The van der Waals surface area contributed by atoms with Gasteiger partial charge in [-0.25, -0.2) is 0 Å². The van der Waals surface area contributed by atoms with Gasteiger partial charge in [0.15, 0.2) is 5.25 Å². The van der Waals surface area contributed by atoms with Gasteiger partial charge in [-0.3, -0.25) is 9.59 Å². The highest BCUT2D eigenvalue weighted by Gasteiger charge is 2.21. The number of nitrogens with one attached hydrogen (secondary N) is 1. The summed E-state index contributed by atoms with van der Waals surface area (Å²) in [6, 6.07) is 4.40. The Morgan fingerprint density at radius 2 is 1.75 bits per heavy atom. The summed E-state index contributed by atoms with van der Waals surface area (Å²) in [5.41, 5.74) is 0.322. The molecular weight excluding hydrogens is 273 g/mol. The van der Waals surface area contributed by atoms with Gasteiger partial charge in [-0.05, 0) is 18.2 Å². The van der Waals surface area contributed by atoms with Crippen LogP contribution in [0.2, 0.25) is 10.0 Å². The van der Waals surface area contributed by atoms with E-state index < -0.39 is 17.1 Å². The minimum atomic E-state index is -1.43. The number of rotatable bonds is 3. The van der Waals surface area contributed by atoms with E-state index in [1.807, 2.05) is 0 Å². The minimum Gasteiger partial charge on any atom is -0.480 e. The first-order chi connectivity index (χ1) is 7.40. The maximum absolute atomic E-state index is 11.3. The highest BCUT2D eigenvalue weighted by molar-refractivity contribution is 7.82. The van der Waals surface area contributed by atoms with Gasteiger partial charge in [0, 0.05) is 15.7 Å². The van der Waals surface area contributed by atoms with Crippen LogP contribution >= 0.6 is 35.8 Å². The van der Waals surface area contributed by atoms with Gasteiger partial charge < -0.3 is 10.4 Å². The van der Waals surface area contributed by atoms with E-state index in [4.69, 9.17) is 28.3 Å². The number of hydrogen-bond acceptors (Lipinski definition) is 3. The predicted molar refractivity (Wildman–Crippen MR) is 65.5 cm³/mol. The molecule has 1 amide bonds. The molecule has 0 aliphatic carbocycles. The van der Waals surface area contributed by atoms with Crippen LogP contribution in [0, 0.1) is 0 Å². The molecule has 0 aromatic heterocycles. The molecule has 7 heteroatoms. The standard InChI is InChI=1S/C9H7Cl2NO3S/c10-4-1-5(11)3-6(2-4)12-8(13)7(16)9(14)15/h1-3,7,16H,(H,12,13)(H,14,15). The lowest BCUT2D eigenvalue weighted by atomic mass is 10.3. The summed E-state index contributed by atoms with van der Waals surface area (Å²) in [7, 11) is 0. The number of thiol groups is 1. The van der Waals surface area contributed by atoms with Crippen LogP contribution in [-0.2, 0) is 9.59 Å². The number of benzene rings is 1. The number of aliphatic carboxylic acids is 1. The molecule has 1 aromatic rings. The fourth-order valence-electron chi connectivity index (χ4n) is 0.949. The molecule has 0 heterocycles. The highest BCUT2D eigenvalue weighted by atomic mass is 35.5. The van der Waals surface area contributed by atoms with Gasteiger partial charge >= 0.3 is 5.97 Å². The molecular formula is C9H7Cl2NO3S. The van der Waals surface area contributed by atoms with Crippen molar-refractivity contribution >= 4 is 53.4 Å². The molecule has 0 spiro atoms. The zero-order valence-electron chi connectivity index (χ0n) is 7.78. The minimum absolute atomic E-state index is 0.322. The fraction of sp³-hybridized carbons (Fsp3) is 0.111. The number of amides is 1. The van der Waals surface area contributed by atoms with Gasteiger partial charge in [-0.2, -0.15) is 12.6 Å². The third kappa shape index (κ3) is 3.59. The third-order valence-corrected chi connectivity index (χ3v) is 2.50. The molecule has 1 rings (SSSR count). The first-order valence-electron chi connectivity index (χ1n) is 4.08. The van der Waals surface area contributed by atoms with Crippen molar-refractivity contribution in [2.75, 3.05) is 5.32 Å². The monoisotopic (exact) mass is 279 g/mol.